The predicted octanol–water partition coefficient (Wildman–Crippen LogP) is -8.85. The highest BCUT2D eigenvalue weighted by Crippen LogP contribution is 2.05. The summed E-state index contributed by atoms with van der Waals surface area (Å²) >= 11 is 7.73. The van der Waals surface area contributed by atoms with Crippen LogP contribution in [0.3, 0.4) is 0 Å². The summed E-state index contributed by atoms with van der Waals surface area (Å²) in [5, 5.41) is 36.8. The topological polar surface area (TPSA) is 445 Å². The summed E-state index contributed by atoms with van der Waals surface area (Å²) in [5.41, 5.74) is 27.0. The van der Waals surface area contributed by atoms with Crippen molar-refractivity contribution in [3.8, 4) is 0 Å². The molecule has 26 nitrogen and oxygen atoms in total. The zero-order chi connectivity index (χ0) is 44.4. The average molecular weight is 866 g/mol. The maximum atomic E-state index is 13.5. The van der Waals surface area contributed by atoms with E-state index in [1.54, 1.807) is 0 Å². The SMILES string of the molecule is C[C@H](NC(=O)[C@H](CCCN=C(N)N)NC(=O)[C@H](CCCN=C(N)N)NC(=O)CNC(=O)[C@@H](N)CS)C(=O)NCC(=O)NCC(=O)N[C@@H](CO)C(=O)N[C@@H](CS)C(=O)O. The van der Waals surface area contributed by atoms with Gasteiger partial charge in [0.05, 0.1) is 32.3 Å². The minimum absolute atomic E-state index is 0.00962. The molecule has 8 amide bonds. The summed E-state index contributed by atoms with van der Waals surface area (Å²) in [6.45, 7) is -1.36. The molecule has 28 heteroatoms. The fraction of sp³-hybridized carbons (Fsp3) is 0.633. The molecule has 58 heavy (non-hydrogen) atoms. The number of rotatable bonds is 28. The third-order valence-corrected chi connectivity index (χ3v) is 8.14. The van der Waals surface area contributed by atoms with Crippen molar-refractivity contribution < 1.29 is 53.4 Å². The number of thiol groups is 2. The van der Waals surface area contributed by atoms with Crippen molar-refractivity contribution in [2.24, 2.45) is 38.7 Å². The van der Waals surface area contributed by atoms with E-state index < -0.39 is 116 Å². The van der Waals surface area contributed by atoms with Gasteiger partial charge >= 0.3 is 5.97 Å². The van der Waals surface area contributed by atoms with Gasteiger partial charge in [-0.3, -0.25) is 48.3 Å². The van der Waals surface area contributed by atoms with Gasteiger partial charge in [0.25, 0.3) is 0 Å². The average Bonchev–Trinajstić information content (AvgIpc) is 3.17. The Hall–Kier alpha value is -5.61. The highest BCUT2D eigenvalue weighted by atomic mass is 32.1. The number of nitrogens with zero attached hydrogens (tertiary/aromatic N) is 2. The number of aliphatic imine (C=N–C) groups is 2. The minimum Gasteiger partial charge on any atom is -0.480 e. The molecule has 0 saturated carbocycles. The van der Waals surface area contributed by atoms with Crippen LogP contribution in [0.5, 0.6) is 0 Å². The summed E-state index contributed by atoms with van der Waals surface area (Å²) in [6.07, 6.45) is 0.319. The molecule has 0 heterocycles. The van der Waals surface area contributed by atoms with Crippen LogP contribution < -0.4 is 71.2 Å². The van der Waals surface area contributed by atoms with Crippen LogP contribution in [0.4, 0.5) is 0 Å². The predicted molar refractivity (Wildman–Crippen MR) is 215 cm³/mol. The third kappa shape index (κ3) is 22.8. The number of amides is 8. The number of carbonyl (C=O) groups is 9. The molecule has 6 atom stereocenters. The Kier molecular flexibility index (Phi) is 26.0. The van der Waals surface area contributed by atoms with Crippen molar-refractivity contribution in [3.63, 3.8) is 0 Å². The molecule has 0 aliphatic heterocycles. The van der Waals surface area contributed by atoms with Crippen LogP contribution in [0, 0.1) is 0 Å². The summed E-state index contributed by atoms with van der Waals surface area (Å²) in [7, 11) is 0. The summed E-state index contributed by atoms with van der Waals surface area (Å²) in [6, 6.07) is -7.75. The Morgan fingerprint density at radius 3 is 1.48 bits per heavy atom. The maximum Gasteiger partial charge on any atom is 0.327 e. The van der Waals surface area contributed by atoms with Crippen LogP contribution in [0.2, 0.25) is 0 Å². The van der Waals surface area contributed by atoms with E-state index in [9.17, 15) is 48.3 Å². The van der Waals surface area contributed by atoms with Gasteiger partial charge in [-0.2, -0.15) is 25.3 Å². The monoisotopic (exact) mass is 865 g/mol. The first kappa shape index (κ1) is 52.4. The molecule has 0 aromatic carbocycles. The second kappa shape index (κ2) is 28.7. The van der Waals surface area contributed by atoms with Crippen LogP contribution in [0.1, 0.15) is 32.6 Å². The molecular weight excluding hydrogens is 811 g/mol. The Morgan fingerprint density at radius 1 is 0.569 bits per heavy atom. The fourth-order valence-electron chi connectivity index (χ4n) is 4.28. The number of nitrogens with one attached hydrogen (secondary N) is 8. The molecule has 328 valence electrons. The number of nitrogens with two attached hydrogens (primary N) is 5. The van der Waals surface area contributed by atoms with Gasteiger partial charge in [-0.05, 0) is 32.6 Å². The van der Waals surface area contributed by atoms with Gasteiger partial charge in [-0.1, -0.05) is 0 Å². The summed E-state index contributed by atoms with van der Waals surface area (Å²) in [5.74, 6) is -8.80. The van der Waals surface area contributed by atoms with E-state index in [0.29, 0.717) is 0 Å². The minimum atomic E-state index is -1.54. The Bertz CT molecular complexity index is 1500. The van der Waals surface area contributed by atoms with Crippen LogP contribution in [0.15, 0.2) is 9.98 Å². The Labute approximate surface area is 344 Å². The van der Waals surface area contributed by atoms with E-state index in [-0.39, 0.29) is 62.2 Å². The van der Waals surface area contributed by atoms with Crippen molar-refractivity contribution in [1.82, 2.24) is 42.5 Å². The number of carboxylic acid groups (broad SMARTS) is 1. The smallest absolute Gasteiger partial charge is 0.327 e. The lowest BCUT2D eigenvalue weighted by Crippen LogP contribution is -2.57. The molecule has 0 saturated heterocycles. The first-order valence-electron chi connectivity index (χ1n) is 17.5. The molecule has 0 rings (SSSR count). The normalized spacial score (nSPS) is 13.6. The number of aliphatic hydroxyl groups excluding tert-OH is 1. The van der Waals surface area contributed by atoms with E-state index in [1.807, 2.05) is 0 Å². The van der Waals surface area contributed by atoms with Crippen molar-refractivity contribution >= 4 is 90.4 Å². The zero-order valence-electron chi connectivity index (χ0n) is 31.7. The van der Waals surface area contributed by atoms with Gasteiger partial charge in [-0.25, -0.2) is 4.79 Å². The number of carboxylic acids is 1. The molecule has 0 unspecified atom stereocenters. The van der Waals surface area contributed by atoms with Crippen LogP contribution in [-0.2, 0) is 43.2 Å². The molecule has 0 fully saturated rings. The number of aliphatic hydroxyl groups is 1. The standard InChI is InChI=1S/C30H55N15O11S2/c1-14(23(50)39-8-20(47)38-9-21(48)43-18(11-46)27(54)45-19(13-58)28(55)56)41-25(52)17(5-3-7-37-30(34)35)44-26(53)16(4-2-6-36-29(32)33)42-22(49)10-40-24(51)15(31)12-57/h14-19,46,57-58H,2-13,31H2,1H3,(H,38,47)(H,39,50)(H,40,51)(H,41,52)(H,42,49)(H,43,48)(H,44,53)(H,45,54)(H,55,56)(H4,32,33,36)(H4,34,35,37)/t14-,15-,16-,17-,18-,19-/m0/s1. The number of hydrogen-bond acceptors (Lipinski definition) is 15. The van der Waals surface area contributed by atoms with Crippen molar-refractivity contribution in [1.29, 1.82) is 0 Å². The Morgan fingerprint density at radius 2 is 1.00 bits per heavy atom. The van der Waals surface area contributed by atoms with Gasteiger partial charge < -0.3 is 81.4 Å². The molecule has 0 aromatic heterocycles. The van der Waals surface area contributed by atoms with E-state index in [4.69, 9.17) is 33.8 Å². The van der Waals surface area contributed by atoms with Gasteiger partial charge in [-0.15, -0.1) is 0 Å². The van der Waals surface area contributed by atoms with E-state index >= 15 is 0 Å². The largest absolute Gasteiger partial charge is 0.480 e. The molecule has 0 spiro atoms. The maximum absolute atomic E-state index is 13.5. The van der Waals surface area contributed by atoms with E-state index in [2.05, 4.69) is 77.8 Å². The van der Waals surface area contributed by atoms with E-state index in [1.165, 1.54) is 6.92 Å². The fourth-order valence-corrected chi connectivity index (χ4v) is 4.70. The quantitative estimate of drug-likeness (QED) is 0.0150. The van der Waals surface area contributed by atoms with Crippen LogP contribution in [0.25, 0.3) is 0 Å². The molecule has 0 bridgehead atoms. The number of carbonyl (C=O) groups excluding carboxylic acids is 8. The number of hydrogen-bond donors (Lipinski definition) is 17. The number of aliphatic carboxylic acids is 1. The number of guanidine groups is 2. The van der Waals surface area contributed by atoms with Crippen molar-refractivity contribution in [2.45, 2.75) is 68.9 Å². The first-order valence-corrected chi connectivity index (χ1v) is 18.8. The lowest BCUT2D eigenvalue weighted by molar-refractivity contribution is -0.141. The zero-order valence-corrected chi connectivity index (χ0v) is 33.5. The molecule has 0 aromatic rings. The van der Waals surface area contributed by atoms with Gasteiger partial charge in [0.15, 0.2) is 11.9 Å². The second-order valence-electron chi connectivity index (χ2n) is 12.2. The lowest BCUT2D eigenvalue weighted by Gasteiger charge is -2.24. The van der Waals surface area contributed by atoms with E-state index in [0.717, 1.165) is 0 Å². The van der Waals surface area contributed by atoms with Gasteiger partial charge in [0, 0.05) is 24.6 Å². The molecular formula is C30H55N15O11S2. The van der Waals surface area contributed by atoms with Crippen LogP contribution >= 0.6 is 25.3 Å². The summed E-state index contributed by atoms with van der Waals surface area (Å²) < 4.78 is 0. The lowest BCUT2D eigenvalue weighted by atomic mass is 10.1. The molecule has 0 radical (unpaired) electrons. The first-order chi connectivity index (χ1) is 27.2. The third-order valence-electron chi connectivity index (χ3n) is 7.38. The van der Waals surface area contributed by atoms with Crippen molar-refractivity contribution in [2.75, 3.05) is 50.8 Å². The highest BCUT2D eigenvalue weighted by molar-refractivity contribution is 7.80. The molecule has 0 aliphatic carbocycles. The molecule has 0 aliphatic rings. The second-order valence-corrected chi connectivity index (χ2v) is 12.9. The van der Waals surface area contributed by atoms with Crippen LogP contribution in [-0.4, -0.2) is 162 Å². The summed E-state index contributed by atoms with van der Waals surface area (Å²) in [4.78, 5) is 120. The van der Waals surface area contributed by atoms with Gasteiger partial charge in [0.1, 0.15) is 30.2 Å². The molecule has 20 N–H and O–H groups in total. The van der Waals surface area contributed by atoms with Crippen molar-refractivity contribution in [3.05, 3.63) is 0 Å². The highest BCUT2D eigenvalue weighted by Gasteiger charge is 2.29. The Balaban J connectivity index is 5.53. The van der Waals surface area contributed by atoms with Gasteiger partial charge in [0.2, 0.25) is 47.3 Å².